The summed E-state index contributed by atoms with van der Waals surface area (Å²) in [4.78, 5) is 2.52. The average Bonchev–Trinajstić information content (AvgIpc) is 2.78. The van der Waals surface area contributed by atoms with E-state index >= 15 is 0 Å². The molecular formula is C27H28ClNO2. The van der Waals surface area contributed by atoms with Crippen LogP contribution in [-0.4, -0.2) is 32.2 Å². The zero-order chi connectivity index (χ0) is 21.8. The summed E-state index contributed by atoms with van der Waals surface area (Å²) in [6, 6.07) is 23.0. The molecule has 0 bridgehead atoms. The van der Waals surface area contributed by atoms with Crippen molar-refractivity contribution in [1.82, 2.24) is 4.90 Å². The standard InChI is InChI=1S/C27H28ClNO2/c1-19(14-20-8-5-4-6-9-20)18-29-13-12-21-16-25(30-2)26(31-3)17-24(21)27(29)22-10-7-11-23(28)15-22/h4-11,14-17,27H,12-13,18H2,1-3H3/b19-14-/t27-/m0/s1. The van der Waals surface area contributed by atoms with Crippen LogP contribution >= 0.6 is 11.6 Å². The van der Waals surface area contributed by atoms with Crippen molar-refractivity contribution in [3.63, 3.8) is 0 Å². The molecule has 0 aromatic heterocycles. The van der Waals surface area contributed by atoms with Crippen molar-refractivity contribution < 1.29 is 9.47 Å². The highest BCUT2D eigenvalue weighted by atomic mass is 35.5. The molecule has 0 amide bonds. The van der Waals surface area contributed by atoms with E-state index in [0.717, 1.165) is 36.0 Å². The zero-order valence-electron chi connectivity index (χ0n) is 18.3. The van der Waals surface area contributed by atoms with Crippen LogP contribution in [0.1, 0.15) is 35.2 Å². The second-order valence-corrected chi connectivity index (χ2v) is 8.42. The van der Waals surface area contributed by atoms with Gasteiger partial charge < -0.3 is 9.47 Å². The summed E-state index contributed by atoms with van der Waals surface area (Å²) in [6.07, 6.45) is 3.23. The maximum atomic E-state index is 6.38. The highest BCUT2D eigenvalue weighted by molar-refractivity contribution is 6.30. The van der Waals surface area contributed by atoms with Gasteiger partial charge in [-0.2, -0.15) is 0 Å². The SMILES string of the molecule is COc1cc2c(cc1OC)[C@H](c1cccc(Cl)c1)N(C/C(C)=C\c1ccccc1)CC2. The highest BCUT2D eigenvalue weighted by Crippen LogP contribution is 2.41. The van der Waals surface area contributed by atoms with Gasteiger partial charge >= 0.3 is 0 Å². The predicted octanol–water partition coefficient (Wildman–Crippen LogP) is 6.41. The molecule has 4 rings (SSSR count). The van der Waals surface area contributed by atoms with Gasteiger partial charge in [-0.15, -0.1) is 0 Å². The fourth-order valence-corrected chi connectivity index (χ4v) is 4.63. The summed E-state index contributed by atoms with van der Waals surface area (Å²) in [5.74, 6) is 1.53. The Morgan fingerprint density at radius 2 is 1.74 bits per heavy atom. The van der Waals surface area contributed by atoms with Crippen LogP contribution in [0.3, 0.4) is 0 Å². The third-order valence-electron chi connectivity index (χ3n) is 5.80. The van der Waals surface area contributed by atoms with Crippen LogP contribution in [0.2, 0.25) is 5.02 Å². The molecule has 0 saturated heterocycles. The van der Waals surface area contributed by atoms with E-state index < -0.39 is 0 Å². The van der Waals surface area contributed by atoms with Gasteiger partial charge in [0, 0.05) is 18.1 Å². The van der Waals surface area contributed by atoms with Gasteiger partial charge in [-0.1, -0.05) is 65.7 Å². The maximum absolute atomic E-state index is 6.38. The van der Waals surface area contributed by atoms with Crippen molar-refractivity contribution >= 4 is 17.7 Å². The molecule has 1 aliphatic rings. The van der Waals surface area contributed by atoms with Crippen LogP contribution in [0.15, 0.2) is 72.3 Å². The molecular weight excluding hydrogens is 406 g/mol. The number of halogens is 1. The molecule has 160 valence electrons. The third-order valence-corrected chi connectivity index (χ3v) is 6.04. The first-order chi connectivity index (χ1) is 15.1. The van der Waals surface area contributed by atoms with E-state index in [0.29, 0.717) is 0 Å². The molecule has 0 saturated carbocycles. The number of fused-ring (bicyclic) bond motifs is 1. The first-order valence-corrected chi connectivity index (χ1v) is 10.9. The number of hydrogen-bond acceptors (Lipinski definition) is 3. The minimum atomic E-state index is 0.0985. The smallest absolute Gasteiger partial charge is 0.161 e. The Bertz CT molecular complexity index is 1080. The number of methoxy groups -OCH3 is 2. The van der Waals surface area contributed by atoms with E-state index in [2.05, 4.69) is 66.4 Å². The highest BCUT2D eigenvalue weighted by Gasteiger charge is 2.30. The number of hydrogen-bond donors (Lipinski definition) is 0. The predicted molar refractivity (Wildman–Crippen MR) is 128 cm³/mol. The van der Waals surface area contributed by atoms with Crippen molar-refractivity contribution in [3.05, 3.63) is 99.6 Å². The maximum Gasteiger partial charge on any atom is 0.161 e. The van der Waals surface area contributed by atoms with E-state index in [9.17, 15) is 0 Å². The molecule has 0 radical (unpaired) electrons. The monoisotopic (exact) mass is 433 g/mol. The molecule has 1 atom stereocenters. The summed E-state index contributed by atoms with van der Waals surface area (Å²) in [6.45, 7) is 4.03. The van der Waals surface area contributed by atoms with Gasteiger partial charge in [0.1, 0.15) is 0 Å². The van der Waals surface area contributed by atoms with Crippen molar-refractivity contribution in [2.24, 2.45) is 0 Å². The summed E-state index contributed by atoms with van der Waals surface area (Å²) in [5.41, 5.74) is 6.28. The van der Waals surface area contributed by atoms with E-state index in [4.69, 9.17) is 21.1 Å². The molecule has 0 unspecified atom stereocenters. The minimum Gasteiger partial charge on any atom is -0.493 e. The van der Waals surface area contributed by atoms with Crippen LogP contribution in [0.4, 0.5) is 0 Å². The van der Waals surface area contributed by atoms with Crippen molar-refractivity contribution in [3.8, 4) is 11.5 Å². The average molecular weight is 434 g/mol. The molecule has 3 aromatic rings. The second kappa shape index (κ2) is 9.59. The van der Waals surface area contributed by atoms with Gasteiger partial charge in [0.2, 0.25) is 0 Å². The largest absolute Gasteiger partial charge is 0.493 e. The van der Waals surface area contributed by atoms with Crippen molar-refractivity contribution in [2.45, 2.75) is 19.4 Å². The molecule has 1 aliphatic heterocycles. The van der Waals surface area contributed by atoms with Gasteiger partial charge in [0.15, 0.2) is 11.5 Å². The summed E-state index contributed by atoms with van der Waals surface area (Å²) < 4.78 is 11.2. The number of ether oxygens (including phenoxy) is 2. The number of rotatable bonds is 6. The molecule has 3 aromatic carbocycles. The topological polar surface area (TPSA) is 21.7 Å². The van der Waals surface area contributed by atoms with Gasteiger partial charge in [-0.3, -0.25) is 4.90 Å². The molecule has 31 heavy (non-hydrogen) atoms. The Morgan fingerprint density at radius 3 is 2.45 bits per heavy atom. The normalized spacial score (nSPS) is 16.6. The molecule has 0 aliphatic carbocycles. The third kappa shape index (κ3) is 4.79. The summed E-state index contributed by atoms with van der Waals surface area (Å²) in [7, 11) is 3.37. The van der Waals surface area contributed by atoms with E-state index in [1.807, 2.05) is 18.2 Å². The Labute approximate surface area is 189 Å². The Balaban J connectivity index is 1.74. The van der Waals surface area contributed by atoms with E-state index in [1.54, 1.807) is 14.2 Å². The second-order valence-electron chi connectivity index (χ2n) is 7.99. The molecule has 4 heteroatoms. The van der Waals surface area contributed by atoms with Crippen LogP contribution in [-0.2, 0) is 6.42 Å². The van der Waals surface area contributed by atoms with Crippen molar-refractivity contribution in [2.75, 3.05) is 27.3 Å². The Kier molecular flexibility index (Phi) is 6.64. The molecule has 3 nitrogen and oxygen atoms in total. The Hall–Kier alpha value is -2.75. The fraction of sp³-hybridized carbons (Fsp3) is 0.259. The Morgan fingerprint density at radius 1 is 1.00 bits per heavy atom. The first-order valence-electron chi connectivity index (χ1n) is 10.6. The van der Waals surface area contributed by atoms with Crippen molar-refractivity contribution in [1.29, 1.82) is 0 Å². The van der Waals surface area contributed by atoms with Crippen LogP contribution < -0.4 is 9.47 Å². The summed E-state index contributed by atoms with van der Waals surface area (Å²) in [5, 5.41) is 0.751. The van der Waals surface area contributed by atoms with Gasteiger partial charge in [-0.05, 0) is 59.9 Å². The zero-order valence-corrected chi connectivity index (χ0v) is 19.0. The summed E-state index contributed by atoms with van der Waals surface area (Å²) >= 11 is 6.38. The van der Waals surface area contributed by atoms with E-state index in [1.165, 1.54) is 27.8 Å². The van der Waals surface area contributed by atoms with E-state index in [-0.39, 0.29) is 6.04 Å². The minimum absolute atomic E-state index is 0.0985. The fourth-order valence-electron chi connectivity index (χ4n) is 4.43. The lowest BCUT2D eigenvalue weighted by atomic mass is 9.87. The number of benzene rings is 3. The lowest BCUT2D eigenvalue weighted by molar-refractivity contribution is 0.231. The quantitative estimate of drug-likeness (QED) is 0.448. The van der Waals surface area contributed by atoms with Crippen LogP contribution in [0, 0.1) is 0 Å². The van der Waals surface area contributed by atoms with Crippen LogP contribution in [0.5, 0.6) is 11.5 Å². The van der Waals surface area contributed by atoms with Crippen LogP contribution in [0.25, 0.3) is 6.08 Å². The van der Waals surface area contributed by atoms with Gasteiger partial charge in [0.25, 0.3) is 0 Å². The molecule has 0 N–H and O–H groups in total. The molecule has 0 spiro atoms. The molecule has 1 heterocycles. The van der Waals surface area contributed by atoms with Gasteiger partial charge in [0.05, 0.1) is 20.3 Å². The lowest BCUT2D eigenvalue weighted by Gasteiger charge is -2.38. The molecule has 0 fully saturated rings. The first kappa shape index (κ1) is 21.5. The van der Waals surface area contributed by atoms with Gasteiger partial charge in [-0.25, -0.2) is 0 Å². The number of nitrogens with zero attached hydrogens (tertiary/aromatic N) is 1. The lowest BCUT2D eigenvalue weighted by Crippen LogP contribution is -2.37.